The Labute approximate surface area is 220 Å². The number of carbonyl (C=O) groups excluding carboxylic acids is 3. The summed E-state index contributed by atoms with van der Waals surface area (Å²) in [6.45, 7) is 9.98. The Balaban J connectivity index is 2.94. The van der Waals surface area contributed by atoms with Gasteiger partial charge >= 0.3 is 17.9 Å². The highest BCUT2D eigenvalue weighted by atomic mass is 19.2. The maximum absolute atomic E-state index is 16.3. The molecule has 9 heteroatoms. The Morgan fingerprint density at radius 2 is 1.43 bits per heavy atom. The summed E-state index contributed by atoms with van der Waals surface area (Å²) < 4.78 is 61.6. The Kier molecular flexibility index (Phi) is 12.4. The van der Waals surface area contributed by atoms with Crippen molar-refractivity contribution in [1.82, 2.24) is 0 Å². The molecule has 3 unspecified atom stereocenters. The van der Waals surface area contributed by atoms with E-state index >= 15 is 8.78 Å². The minimum Gasteiger partial charge on any atom is -0.467 e. The lowest BCUT2D eigenvalue weighted by molar-refractivity contribution is -0.171. The van der Waals surface area contributed by atoms with E-state index in [-0.39, 0.29) is 70.0 Å². The van der Waals surface area contributed by atoms with Crippen molar-refractivity contribution in [1.29, 1.82) is 0 Å². The molecule has 0 aromatic heterocycles. The van der Waals surface area contributed by atoms with E-state index in [0.717, 1.165) is 26.9 Å². The third kappa shape index (κ3) is 9.78. The van der Waals surface area contributed by atoms with Gasteiger partial charge in [-0.3, -0.25) is 0 Å². The van der Waals surface area contributed by atoms with E-state index in [4.69, 9.17) is 9.47 Å². The molecule has 1 fully saturated rings. The van der Waals surface area contributed by atoms with Gasteiger partial charge in [-0.1, -0.05) is 47.5 Å². The van der Waals surface area contributed by atoms with Gasteiger partial charge in [0.1, 0.15) is 0 Å². The minimum atomic E-state index is -2.43. The molecule has 1 rings (SSSR count). The van der Waals surface area contributed by atoms with E-state index in [0.29, 0.717) is 6.42 Å². The van der Waals surface area contributed by atoms with E-state index in [1.165, 1.54) is 0 Å². The number of halogens is 3. The molecule has 0 aliphatic heterocycles. The molecule has 0 aromatic rings. The summed E-state index contributed by atoms with van der Waals surface area (Å²) in [7, 11) is 1.07. The van der Waals surface area contributed by atoms with Crippen LogP contribution in [0.3, 0.4) is 0 Å². The second-order valence-corrected chi connectivity index (χ2v) is 11.8. The van der Waals surface area contributed by atoms with Gasteiger partial charge in [-0.2, -0.15) is 0 Å². The molecule has 0 N–H and O–H groups in total. The zero-order valence-electron chi connectivity index (χ0n) is 23.7. The van der Waals surface area contributed by atoms with Gasteiger partial charge in [0.15, 0.2) is 0 Å². The van der Waals surface area contributed by atoms with Gasteiger partial charge in [-0.05, 0) is 70.1 Å². The summed E-state index contributed by atoms with van der Waals surface area (Å²) in [5.74, 6) is -2.83. The minimum absolute atomic E-state index is 0.0374. The fourth-order valence-electron chi connectivity index (χ4n) is 4.39. The van der Waals surface area contributed by atoms with Crippen molar-refractivity contribution in [2.24, 2.45) is 17.3 Å². The summed E-state index contributed by atoms with van der Waals surface area (Å²) in [4.78, 5) is 37.1. The Morgan fingerprint density at radius 1 is 0.865 bits per heavy atom. The predicted molar refractivity (Wildman–Crippen MR) is 135 cm³/mol. The van der Waals surface area contributed by atoms with Crippen LogP contribution in [0.25, 0.3) is 0 Å². The van der Waals surface area contributed by atoms with Crippen LogP contribution in [-0.2, 0) is 28.6 Å². The van der Waals surface area contributed by atoms with Crippen molar-refractivity contribution in [2.75, 3.05) is 20.3 Å². The Morgan fingerprint density at radius 3 is 1.92 bits per heavy atom. The van der Waals surface area contributed by atoms with Crippen LogP contribution in [-0.4, -0.2) is 55.2 Å². The molecule has 3 atom stereocenters. The topological polar surface area (TPSA) is 78.9 Å². The number of carbonyl (C=O) groups is 3. The zero-order valence-corrected chi connectivity index (χ0v) is 23.7. The molecular weight excluding hydrogens is 489 g/mol. The van der Waals surface area contributed by atoms with Crippen LogP contribution in [0.5, 0.6) is 0 Å². The van der Waals surface area contributed by atoms with Gasteiger partial charge in [-0.15, -0.1) is 0 Å². The highest BCUT2D eigenvalue weighted by Gasteiger charge is 2.55. The highest BCUT2D eigenvalue weighted by Crippen LogP contribution is 2.49. The number of esters is 3. The molecule has 0 heterocycles. The molecular formula is C28H47F3O6. The number of rotatable bonds is 18. The van der Waals surface area contributed by atoms with Crippen molar-refractivity contribution in [3.8, 4) is 0 Å². The standard InChI is InChI=1S/C28H47F3O6/c1-8-17-36-23(33)27(30,16-10-14-26(6,29)22(32)35-7)15-9-13-25(4,5)28(31,18-21-11-12-21)24(34)37-19-20(2)3/h20-21H,8-19H2,1-7H3. The molecule has 1 aliphatic rings. The van der Waals surface area contributed by atoms with Crippen LogP contribution in [0.2, 0.25) is 0 Å². The zero-order chi connectivity index (χ0) is 28.5. The third-order valence-corrected chi connectivity index (χ3v) is 7.22. The average Bonchev–Trinajstić information content (AvgIpc) is 3.63. The molecule has 216 valence electrons. The van der Waals surface area contributed by atoms with Crippen LogP contribution in [0.1, 0.15) is 106 Å². The summed E-state index contributed by atoms with van der Waals surface area (Å²) >= 11 is 0. The highest BCUT2D eigenvalue weighted by molar-refractivity contribution is 5.81. The van der Waals surface area contributed by atoms with Crippen molar-refractivity contribution in [2.45, 2.75) is 123 Å². The average molecular weight is 537 g/mol. The number of methoxy groups -OCH3 is 1. The van der Waals surface area contributed by atoms with E-state index in [1.54, 1.807) is 20.8 Å². The first-order chi connectivity index (χ1) is 17.0. The lowest BCUT2D eigenvalue weighted by atomic mass is 9.69. The van der Waals surface area contributed by atoms with Crippen LogP contribution >= 0.6 is 0 Å². The normalized spacial score (nSPS) is 18.9. The molecule has 1 saturated carbocycles. The summed E-state index contributed by atoms with van der Waals surface area (Å²) in [5.41, 5.74) is -8.13. The first-order valence-electron chi connectivity index (χ1n) is 13.5. The molecule has 0 aromatic carbocycles. The maximum atomic E-state index is 16.3. The van der Waals surface area contributed by atoms with Crippen LogP contribution < -0.4 is 0 Å². The second-order valence-electron chi connectivity index (χ2n) is 11.8. The van der Waals surface area contributed by atoms with Crippen LogP contribution in [0.15, 0.2) is 0 Å². The number of alkyl halides is 3. The fraction of sp³-hybridized carbons (Fsp3) is 0.893. The van der Waals surface area contributed by atoms with E-state index in [9.17, 15) is 18.8 Å². The molecule has 6 nitrogen and oxygen atoms in total. The molecule has 0 saturated heterocycles. The molecule has 1 aliphatic carbocycles. The predicted octanol–water partition coefficient (Wildman–Crippen LogP) is 6.62. The van der Waals surface area contributed by atoms with Gasteiger partial charge in [-0.25, -0.2) is 27.6 Å². The molecule has 0 amide bonds. The van der Waals surface area contributed by atoms with E-state index in [1.807, 2.05) is 13.8 Å². The Hall–Kier alpha value is -1.80. The first-order valence-corrected chi connectivity index (χ1v) is 13.5. The smallest absolute Gasteiger partial charge is 0.344 e. The summed E-state index contributed by atoms with van der Waals surface area (Å²) in [6, 6.07) is 0. The van der Waals surface area contributed by atoms with Crippen molar-refractivity contribution in [3.63, 3.8) is 0 Å². The Bertz CT molecular complexity index is 765. The lowest BCUT2D eigenvalue weighted by Crippen LogP contribution is -2.49. The lowest BCUT2D eigenvalue weighted by Gasteiger charge is -2.39. The van der Waals surface area contributed by atoms with Crippen molar-refractivity contribution in [3.05, 3.63) is 0 Å². The molecule has 0 spiro atoms. The van der Waals surface area contributed by atoms with Crippen LogP contribution in [0.4, 0.5) is 13.2 Å². The third-order valence-electron chi connectivity index (χ3n) is 7.22. The van der Waals surface area contributed by atoms with Crippen molar-refractivity contribution >= 4 is 17.9 Å². The van der Waals surface area contributed by atoms with Gasteiger partial charge in [0, 0.05) is 5.41 Å². The molecule has 37 heavy (non-hydrogen) atoms. The largest absolute Gasteiger partial charge is 0.467 e. The van der Waals surface area contributed by atoms with Gasteiger partial charge in [0.25, 0.3) is 0 Å². The number of hydrogen-bond acceptors (Lipinski definition) is 6. The SMILES string of the molecule is CCCOC(=O)C(F)(CCCC(C)(F)C(=O)OC)CCCC(C)(C)C(F)(CC1CC1)C(=O)OCC(C)C. The van der Waals surface area contributed by atoms with Crippen LogP contribution in [0, 0.1) is 17.3 Å². The van der Waals surface area contributed by atoms with E-state index in [2.05, 4.69) is 4.74 Å². The van der Waals surface area contributed by atoms with Gasteiger partial charge < -0.3 is 14.2 Å². The summed E-state index contributed by atoms with van der Waals surface area (Å²) in [5, 5.41) is 0. The first kappa shape index (κ1) is 33.2. The fourth-order valence-corrected chi connectivity index (χ4v) is 4.39. The summed E-state index contributed by atoms with van der Waals surface area (Å²) in [6.07, 6.45) is 1.44. The van der Waals surface area contributed by atoms with E-state index < -0.39 is 40.3 Å². The molecule has 0 radical (unpaired) electrons. The maximum Gasteiger partial charge on any atom is 0.344 e. The number of ether oxygens (including phenoxy) is 3. The number of hydrogen-bond donors (Lipinski definition) is 0. The molecule has 0 bridgehead atoms. The second kappa shape index (κ2) is 13.8. The van der Waals surface area contributed by atoms with Gasteiger partial charge in [0.2, 0.25) is 17.0 Å². The van der Waals surface area contributed by atoms with Gasteiger partial charge in [0.05, 0.1) is 20.3 Å². The van der Waals surface area contributed by atoms with Crippen molar-refractivity contribution < 1.29 is 41.8 Å². The monoisotopic (exact) mass is 536 g/mol. The quantitative estimate of drug-likeness (QED) is 0.145.